The van der Waals surface area contributed by atoms with Crippen molar-refractivity contribution in [3.63, 3.8) is 0 Å². The minimum Gasteiger partial charge on any atom is -0.496 e. The Labute approximate surface area is 139 Å². The summed E-state index contributed by atoms with van der Waals surface area (Å²) in [4.78, 5) is 4.54. The molecule has 3 nitrogen and oxygen atoms in total. The molecular formula is C18H19BrN2O. The first-order chi connectivity index (χ1) is 10.8. The lowest BCUT2D eigenvalue weighted by Gasteiger charge is -2.12. The second-order valence-electron chi connectivity index (χ2n) is 5.27. The van der Waals surface area contributed by atoms with E-state index in [1.165, 1.54) is 16.7 Å². The summed E-state index contributed by atoms with van der Waals surface area (Å²) in [6.07, 6.45) is 1.90. The second-order valence-corrected chi connectivity index (χ2v) is 6.19. The van der Waals surface area contributed by atoms with E-state index in [0.717, 1.165) is 42.0 Å². The van der Waals surface area contributed by atoms with Gasteiger partial charge in [-0.2, -0.15) is 0 Å². The third kappa shape index (κ3) is 3.33. The number of aliphatic imine (C=N–C) groups is 1. The fourth-order valence-corrected chi connectivity index (χ4v) is 3.17. The lowest BCUT2D eigenvalue weighted by molar-refractivity contribution is 0.409. The molecule has 0 fully saturated rings. The molecule has 2 aromatic carbocycles. The maximum atomic E-state index is 5.46. The molecule has 0 unspecified atom stereocenters. The molecule has 3 rings (SSSR count). The molecule has 114 valence electrons. The molecule has 0 bridgehead atoms. The largest absolute Gasteiger partial charge is 0.496 e. The highest BCUT2D eigenvalue weighted by atomic mass is 79.9. The average molecular weight is 359 g/mol. The molecule has 0 aromatic heterocycles. The highest BCUT2D eigenvalue weighted by molar-refractivity contribution is 9.10. The Morgan fingerprint density at radius 1 is 1.14 bits per heavy atom. The van der Waals surface area contributed by atoms with Crippen LogP contribution >= 0.6 is 15.9 Å². The van der Waals surface area contributed by atoms with Gasteiger partial charge in [0.25, 0.3) is 0 Å². The van der Waals surface area contributed by atoms with Crippen LogP contribution in [-0.4, -0.2) is 26.0 Å². The van der Waals surface area contributed by atoms with Crippen LogP contribution in [0.5, 0.6) is 5.75 Å². The SMILES string of the molecule is COc1ccc(Br)cc1CCc1ccccc1C1=NCCN1. The monoisotopic (exact) mass is 358 g/mol. The van der Waals surface area contributed by atoms with Crippen LogP contribution in [0.4, 0.5) is 0 Å². The van der Waals surface area contributed by atoms with Crippen molar-refractivity contribution in [2.75, 3.05) is 20.2 Å². The Balaban J connectivity index is 1.81. The van der Waals surface area contributed by atoms with Crippen LogP contribution < -0.4 is 10.1 Å². The summed E-state index contributed by atoms with van der Waals surface area (Å²) in [6, 6.07) is 14.6. The van der Waals surface area contributed by atoms with Gasteiger partial charge in [-0.1, -0.05) is 40.2 Å². The first kappa shape index (κ1) is 15.1. The van der Waals surface area contributed by atoms with Crippen molar-refractivity contribution in [1.82, 2.24) is 5.32 Å². The number of ether oxygens (including phenoxy) is 1. The average Bonchev–Trinajstić information content (AvgIpc) is 3.07. The summed E-state index contributed by atoms with van der Waals surface area (Å²) in [5.74, 6) is 1.97. The van der Waals surface area contributed by atoms with E-state index in [9.17, 15) is 0 Å². The van der Waals surface area contributed by atoms with Gasteiger partial charge < -0.3 is 10.1 Å². The molecule has 2 aromatic rings. The molecule has 0 saturated heterocycles. The zero-order valence-electron chi connectivity index (χ0n) is 12.6. The van der Waals surface area contributed by atoms with Crippen molar-refractivity contribution in [2.45, 2.75) is 12.8 Å². The van der Waals surface area contributed by atoms with Gasteiger partial charge in [-0.05, 0) is 42.2 Å². The lowest BCUT2D eigenvalue weighted by Crippen LogP contribution is -2.21. The van der Waals surface area contributed by atoms with Crippen LogP contribution in [0, 0.1) is 0 Å². The third-order valence-corrected chi connectivity index (χ3v) is 4.35. The minimum absolute atomic E-state index is 0.864. The predicted molar refractivity (Wildman–Crippen MR) is 94.0 cm³/mol. The maximum Gasteiger partial charge on any atom is 0.128 e. The van der Waals surface area contributed by atoms with Crippen molar-refractivity contribution in [1.29, 1.82) is 0 Å². The van der Waals surface area contributed by atoms with Crippen LogP contribution in [0.15, 0.2) is 51.9 Å². The summed E-state index contributed by atoms with van der Waals surface area (Å²) in [5.41, 5.74) is 3.75. The first-order valence-electron chi connectivity index (χ1n) is 7.47. The minimum atomic E-state index is 0.864. The standard InChI is InChI=1S/C18H19BrN2O/c1-22-17-9-8-15(19)12-14(17)7-6-13-4-2-3-5-16(13)18-20-10-11-21-18/h2-5,8-9,12H,6-7,10-11H2,1H3,(H,20,21). The number of rotatable bonds is 5. The molecule has 0 atom stereocenters. The zero-order valence-corrected chi connectivity index (χ0v) is 14.2. The number of aryl methyl sites for hydroxylation is 2. The summed E-state index contributed by atoms with van der Waals surface area (Å²) in [5, 5.41) is 3.36. The second kappa shape index (κ2) is 6.97. The molecule has 0 saturated carbocycles. The summed E-state index contributed by atoms with van der Waals surface area (Å²) in [7, 11) is 1.72. The number of nitrogens with one attached hydrogen (secondary N) is 1. The van der Waals surface area contributed by atoms with E-state index >= 15 is 0 Å². The molecule has 1 N–H and O–H groups in total. The van der Waals surface area contributed by atoms with Crippen LogP contribution in [0.2, 0.25) is 0 Å². The number of halogens is 1. The van der Waals surface area contributed by atoms with Crippen LogP contribution in [0.3, 0.4) is 0 Å². The summed E-state index contributed by atoms with van der Waals surface area (Å²) in [6.45, 7) is 1.80. The smallest absolute Gasteiger partial charge is 0.128 e. The number of nitrogens with zero attached hydrogens (tertiary/aromatic N) is 1. The summed E-state index contributed by atoms with van der Waals surface area (Å²) < 4.78 is 6.54. The first-order valence-corrected chi connectivity index (χ1v) is 8.26. The van der Waals surface area contributed by atoms with Gasteiger partial charge in [0.1, 0.15) is 11.6 Å². The quantitative estimate of drug-likeness (QED) is 0.885. The van der Waals surface area contributed by atoms with Crippen LogP contribution in [-0.2, 0) is 12.8 Å². The van der Waals surface area contributed by atoms with E-state index in [0.29, 0.717) is 0 Å². The molecular weight excluding hydrogens is 340 g/mol. The van der Waals surface area contributed by atoms with E-state index in [4.69, 9.17) is 4.74 Å². The van der Waals surface area contributed by atoms with Gasteiger partial charge in [0.2, 0.25) is 0 Å². The van der Waals surface area contributed by atoms with Crippen molar-refractivity contribution in [3.8, 4) is 5.75 Å². The van der Waals surface area contributed by atoms with Gasteiger partial charge in [-0.15, -0.1) is 0 Å². The van der Waals surface area contributed by atoms with Crippen LogP contribution in [0.1, 0.15) is 16.7 Å². The number of methoxy groups -OCH3 is 1. The normalized spacial score (nSPS) is 13.6. The Hall–Kier alpha value is -1.81. The Kier molecular flexibility index (Phi) is 4.78. The van der Waals surface area contributed by atoms with Crippen molar-refractivity contribution < 1.29 is 4.74 Å². The van der Waals surface area contributed by atoms with E-state index < -0.39 is 0 Å². The molecule has 4 heteroatoms. The highest BCUT2D eigenvalue weighted by Gasteiger charge is 2.12. The number of hydrogen-bond acceptors (Lipinski definition) is 3. The number of benzene rings is 2. The Morgan fingerprint density at radius 3 is 2.73 bits per heavy atom. The lowest BCUT2D eigenvalue weighted by atomic mass is 9.98. The van der Waals surface area contributed by atoms with Gasteiger partial charge in [-0.25, -0.2) is 0 Å². The van der Waals surface area contributed by atoms with Gasteiger partial charge >= 0.3 is 0 Å². The zero-order chi connectivity index (χ0) is 15.4. The fourth-order valence-electron chi connectivity index (χ4n) is 2.76. The maximum absolute atomic E-state index is 5.46. The van der Waals surface area contributed by atoms with E-state index in [-0.39, 0.29) is 0 Å². The predicted octanol–water partition coefficient (Wildman–Crippen LogP) is 3.59. The molecule has 0 radical (unpaired) electrons. The van der Waals surface area contributed by atoms with E-state index in [1.54, 1.807) is 7.11 Å². The van der Waals surface area contributed by atoms with Gasteiger partial charge in [0.05, 0.1) is 13.7 Å². The topological polar surface area (TPSA) is 33.6 Å². The van der Waals surface area contributed by atoms with Gasteiger partial charge in [-0.3, -0.25) is 4.99 Å². The van der Waals surface area contributed by atoms with Gasteiger partial charge in [0.15, 0.2) is 0 Å². The molecule has 22 heavy (non-hydrogen) atoms. The van der Waals surface area contributed by atoms with Gasteiger partial charge in [0, 0.05) is 16.6 Å². The Morgan fingerprint density at radius 2 is 1.95 bits per heavy atom. The molecule has 1 heterocycles. The van der Waals surface area contributed by atoms with Crippen molar-refractivity contribution in [3.05, 3.63) is 63.6 Å². The highest BCUT2D eigenvalue weighted by Crippen LogP contribution is 2.25. The molecule has 0 spiro atoms. The van der Waals surface area contributed by atoms with Crippen LogP contribution in [0.25, 0.3) is 0 Å². The number of hydrogen-bond donors (Lipinski definition) is 1. The molecule has 0 aliphatic carbocycles. The summed E-state index contributed by atoms with van der Waals surface area (Å²) >= 11 is 3.54. The number of amidine groups is 1. The van der Waals surface area contributed by atoms with Crippen molar-refractivity contribution in [2.24, 2.45) is 4.99 Å². The van der Waals surface area contributed by atoms with Crippen molar-refractivity contribution >= 4 is 21.8 Å². The molecule has 1 aliphatic heterocycles. The van der Waals surface area contributed by atoms with E-state index in [1.807, 2.05) is 12.1 Å². The van der Waals surface area contributed by atoms with E-state index in [2.05, 4.69) is 56.6 Å². The molecule has 0 amide bonds. The fraction of sp³-hybridized carbons (Fsp3) is 0.278. The Bertz CT molecular complexity index is 697. The molecule has 1 aliphatic rings. The third-order valence-electron chi connectivity index (χ3n) is 3.85.